The van der Waals surface area contributed by atoms with E-state index >= 15 is 0 Å². The Kier molecular flexibility index (Phi) is 7.51. The minimum absolute atomic E-state index is 0.256. The zero-order chi connectivity index (χ0) is 9.40. The van der Waals surface area contributed by atoms with Crippen molar-refractivity contribution in [2.45, 2.75) is 45.8 Å². The van der Waals surface area contributed by atoms with E-state index in [9.17, 15) is 0 Å². The molecule has 2 nitrogen and oxygen atoms in total. The molecule has 2 heteroatoms. The van der Waals surface area contributed by atoms with Gasteiger partial charge in [-0.25, -0.2) is 0 Å². The predicted molar refractivity (Wildman–Crippen MR) is 53.5 cm³/mol. The van der Waals surface area contributed by atoms with Gasteiger partial charge in [-0.15, -0.1) is 4.90 Å². The van der Waals surface area contributed by atoms with Crippen molar-refractivity contribution in [1.29, 1.82) is 0 Å². The second-order valence-corrected chi connectivity index (χ2v) is 3.49. The number of nitrogens with zero attached hydrogens (tertiary/aromatic N) is 1. The van der Waals surface area contributed by atoms with E-state index in [4.69, 9.17) is 4.74 Å². The largest absolute Gasteiger partial charge is 0.326 e. The van der Waals surface area contributed by atoms with Crippen molar-refractivity contribution in [2.24, 2.45) is 0 Å². The molecule has 1 atom stereocenters. The summed E-state index contributed by atoms with van der Waals surface area (Å²) < 4.78 is 5.58. The quantitative estimate of drug-likeness (QED) is 0.327. The summed E-state index contributed by atoms with van der Waals surface area (Å²) in [5.74, 6) is 0. The predicted octanol–water partition coefficient (Wildman–Crippen LogP) is 2.33. The molecule has 0 aliphatic heterocycles. The number of rotatable bonds is 7. The first-order chi connectivity index (χ1) is 5.68. The smallest absolute Gasteiger partial charge is 0.233 e. The van der Waals surface area contributed by atoms with E-state index in [2.05, 4.69) is 18.7 Å². The van der Waals surface area contributed by atoms with Crippen LogP contribution in [-0.2, 0) is 4.74 Å². The van der Waals surface area contributed by atoms with Crippen LogP contribution >= 0.6 is 0 Å². The standard InChI is InChI=1S/C10H23NO/c1-5-6-7-8-9-12-10(2)11(3)4/h10H,5-9H2,1-4H3/q+1. The van der Waals surface area contributed by atoms with Crippen molar-refractivity contribution < 1.29 is 4.74 Å². The Hall–Kier alpha value is -0.0800. The minimum atomic E-state index is 0.256. The van der Waals surface area contributed by atoms with Crippen molar-refractivity contribution in [3.8, 4) is 0 Å². The maximum Gasteiger partial charge on any atom is 0.233 e. The van der Waals surface area contributed by atoms with Crippen LogP contribution in [0.5, 0.6) is 0 Å². The molecule has 0 aromatic heterocycles. The topological polar surface area (TPSA) is 15.1 Å². The van der Waals surface area contributed by atoms with Crippen molar-refractivity contribution in [3.63, 3.8) is 0 Å². The lowest BCUT2D eigenvalue weighted by molar-refractivity contribution is 0.0134. The zero-order valence-corrected chi connectivity index (χ0v) is 8.97. The van der Waals surface area contributed by atoms with E-state index in [1.807, 2.05) is 14.1 Å². The third-order valence-electron chi connectivity index (χ3n) is 2.08. The molecule has 0 fully saturated rings. The van der Waals surface area contributed by atoms with Crippen LogP contribution in [0.4, 0.5) is 0 Å². The molecule has 0 rings (SSSR count). The summed E-state index contributed by atoms with van der Waals surface area (Å²) in [7, 11) is 4.08. The number of hydrogen-bond acceptors (Lipinski definition) is 2. The summed E-state index contributed by atoms with van der Waals surface area (Å²) in [6.45, 7) is 5.21. The highest BCUT2D eigenvalue weighted by molar-refractivity contribution is 4.50. The molecule has 0 heterocycles. The first-order valence-corrected chi connectivity index (χ1v) is 4.96. The molecule has 0 aromatic rings. The molecule has 1 unspecified atom stereocenters. The first-order valence-electron chi connectivity index (χ1n) is 4.96. The van der Waals surface area contributed by atoms with Crippen molar-refractivity contribution >= 4 is 0 Å². The van der Waals surface area contributed by atoms with E-state index in [-0.39, 0.29) is 6.23 Å². The average molecular weight is 173 g/mol. The molecule has 0 amide bonds. The molecule has 0 spiro atoms. The third-order valence-corrected chi connectivity index (χ3v) is 2.08. The second kappa shape index (κ2) is 7.56. The number of ether oxygens (including phenoxy) is 1. The van der Waals surface area contributed by atoms with Crippen LogP contribution in [-0.4, -0.2) is 26.9 Å². The van der Waals surface area contributed by atoms with Gasteiger partial charge < -0.3 is 4.74 Å². The summed E-state index contributed by atoms with van der Waals surface area (Å²) in [4.78, 5) is 2.08. The van der Waals surface area contributed by atoms with Crippen LogP contribution < -0.4 is 4.90 Å². The van der Waals surface area contributed by atoms with Crippen LogP contribution in [0.2, 0.25) is 0 Å². The first kappa shape index (κ1) is 11.9. The highest BCUT2D eigenvalue weighted by Gasteiger charge is 2.11. The maximum absolute atomic E-state index is 5.58. The Morgan fingerprint density at radius 2 is 1.83 bits per heavy atom. The highest BCUT2D eigenvalue weighted by Crippen LogP contribution is 2.00. The molecule has 0 aliphatic rings. The summed E-state index contributed by atoms with van der Waals surface area (Å²) in [6.07, 6.45) is 5.39. The molecular weight excluding hydrogens is 150 g/mol. The lowest BCUT2D eigenvalue weighted by Crippen LogP contribution is -2.33. The van der Waals surface area contributed by atoms with E-state index in [0.717, 1.165) is 6.61 Å². The molecule has 12 heavy (non-hydrogen) atoms. The van der Waals surface area contributed by atoms with Gasteiger partial charge in [-0.3, -0.25) is 0 Å². The Labute approximate surface area is 76.9 Å². The summed E-state index contributed by atoms with van der Waals surface area (Å²) in [6, 6.07) is 0. The molecule has 0 bridgehead atoms. The minimum Gasteiger partial charge on any atom is -0.326 e. The molecule has 0 aromatic carbocycles. The van der Waals surface area contributed by atoms with Crippen LogP contribution in [0, 0.1) is 0 Å². The van der Waals surface area contributed by atoms with Gasteiger partial charge in [-0.2, -0.15) is 0 Å². The van der Waals surface area contributed by atoms with Gasteiger partial charge in [0.15, 0.2) is 0 Å². The SMILES string of the molecule is CCCCCCOC(C)[N+](C)C. The number of hydrogen-bond donors (Lipinski definition) is 0. The fourth-order valence-corrected chi connectivity index (χ4v) is 0.932. The average Bonchev–Trinajstić information content (AvgIpc) is 2.03. The second-order valence-electron chi connectivity index (χ2n) is 3.49. The van der Waals surface area contributed by atoms with E-state index in [1.54, 1.807) is 0 Å². The normalized spacial score (nSPS) is 13.8. The van der Waals surface area contributed by atoms with E-state index < -0.39 is 0 Å². The van der Waals surface area contributed by atoms with Crippen LogP contribution in [0.3, 0.4) is 0 Å². The molecule has 0 aliphatic carbocycles. The van der Waals surface area contributed by atoms with Crippen molar-refractivity contribution in [2.75, 3.05) is 20.7 Å². The van der Waals surface area contributed by atoms with Crippen LogP contribution in [0.25, 0.3) is 0 Å². The van der Waals surface area contributed by atoms with Gasteiger partial charge in [0.05, 0.1) is 6.61 Å². The van der Waals surface area contributed by atoms with Gasteiger partial charge in [0, 0.05) is 6.92 Å². The fraction of sp³-hybridized carbons (Fsp3) is 1.00. The summed E-state index contributed by atoms with van der Waals surface area (Å²) >= 11 is 0. The van der Waals surface area contributed by atoms with Crippen LogP contribution in [0.1, 0.15) is 39.5 Å². The maximum atomic E-state index is 5.58. The van der Waals surface area contributed by atoms with Crippen LogP contribution in [0.15, 0.2) is 0 Å². The molecule has 73 valence electrons. The van der Waals surface area contributed by atoms with Gasteiger partial charge in [0.2, 0.25) is 6.23 Å². The van der Waals surface area contributed by atoms with Crippen molar-refractivity contribution in [1.82, 2.24) is 4.90 Å². The highest BCUT2D eigenvalue weighted by atomic mass is 16.5. The lowest BCUT2D eigenvalue weighted by Gasteiger charge is -2.11. The lowest BCUT2D eigenvalue weighted by atomic mass is 10.2. The summed E-state index contributed by atoms with van der Waals surface area (Å²) in [5, 5.41) is 0. The van der Waals surface area contributed by atoms with Gasteiger partial charge >= 0.3 is 0 Å². The molecular formula is C10H23NO+. The molecule has 0 N–H and O–H groups in total. The summed E-state index contributed by atoms with van der Waals surface area (Å²) in [5.41, 5.74) is 0. The van der Waals surface area contributed by atoms with Gasteiger partial charge in [-0.05, 0) is 6.42 Å². The van der Waals surface area contributed by atoms with Gasteiger partial charge in [0.25, 0.3) is 0 Å². The Balaban J connectivity index is 3.08. The molecule has 0 saturated carbocycles. The Bertz CT molecular complexity index is 93.8. The van der Waals surface area contributed by atoms with Crippen molar-refractivity contribution in [3.05, 3.63) is 0 Å². The molecule has 1 radical (unpaired) electrons. The third kappa shape index (κ3) is 6.62. The van der Waals surface area contributed by atoms with E-state index in [1.165, 1.54) is 25.7 Å². The number of unbranched alkanes of at least 4 members (excludes halogenated alkanes) is 3. The monoisotopic (exact) mass is 173 g/mol. The Morgan fingerprint density at radius 1 is 1.17 bits per heavy atom. The Morgan fingerprint density at radius 3 is 2.33 bits per heavy atom. The van der Waals surface area contributed by atoms with E-state index in [0.29, 0.717) is 0 Å². The van der Waals surface area contributed by atoms with Gasteiger partial charge in [0.1, 0.15) is 14.1 Å². The van der Waals surface area contributed by atoms with Gasteiger partial charge in [-0.1, -0.05) is 26.2 Å². The fourth-order valence-electron chi connectivity index (χ4n) is 0.932. The zero-order valence-electron chi connectivity index (χ0n) is 8.97. The molecule has 0 saturated heterocycles.